The SMILES string of the molecule is COc1ccc(-c2cc(Br)cc(C(=O)OC(C)(C)C)c2)c(F)c1. The summed E-state index contributed by atoms with van der Waals surface area (Å²) >= 11 is 3.36. The molecule has 23 heavy (non-hydrogen) atoms. The van der Waals surface area contributed by atoms with Crippen LogP contribution in [-0.4, -0.2) is 18.7 Å². The van der Waals surface area contributed by atoms with Crippen LogP contribution >= 0.6 is 15.9 Å². The normalized spacial score (nSPS) is 11.2. The van der Waals surface area contributed by atoms with Gasteiger partial charge in [0.1, 0.15) is 17.2 Å². The number of carbonyl (C=O) groups excluding carboxylic acids is 1. The van der Waals surface area contributed by atoms with Crippen molar-refractivity contribution in [1.29, 1.82) is 0 Å². The molecule has 0 aliphatic carbocycles. The molecule has 2 aromatic carbocycles. The minimum atomic E-state index is -0.592. The first-order valence-electron chi connectivity index (χ1n) is 7.07. The van der Waals surface area contributed by atoms with Crippen LogP contribution in [0.15, 0.2) is 40.9 Å². The van der Waals surface area contributed by atoms with E-state index in [9.17, 15) is 9.18 Å². The topological polar surface area (TPSA) is 35.5 Å². The van der Waals surface area contributed by atoms with Gasteiger partial charge in [-0.3, -0.25) is 0 Å². The lowest BCUT2D eigenvalue weighted by Crippen LogP contribution is -2.23. The maximum atomic E-state index is 14.2. The molecule has 0 aromatic heterocycles. The number of ether oxygens (including phenoxy) is 2. The molecule has 0 saturated carbocycles. The number of halogens is 2. The summed E-state index contributed by atoms with van der Waals surface area (Å²) in [6.45, 7) is 5.40. The van der Waals surface area contributed by atoms with E-state index in [4.69, 9.17) is 9.47 Å². The lowest BCUT2D eigenvalue weighted by Gasteiger charge is -2.20. The molecule has 0 atom stereocenters. The second-order valence-electron chi connectivity index (χ2n) is 6.08. The summed E-state index contributed by atoms with van der Waals surface area (Å²) in [5.74, 6) is -0.430. The molecule has 0 unspecified atom stereocenters. The number of methoxy groups -OCH3 is 1. The van der Waals surface area contributed by atoms with E-state index in [1.807, 2.05) is 0 Å². The van der Waals surface area contributed by atoms with E-state index < -0.39 is 17.4 Å². The second-order valence-corrected chi connectivity index (χ2v) is 6.99. The molecule has 122 valence electrons. The van der Waals surface area contributed by atoms with Crippen molar-refractivity contribution in [3.63, 3.8) is 0 Å². The highest BCUT2D eigenvalue weighted by Crippen LogP contribution is 2.30. The molecule has 3 nitrogen and oxygen atoms in total. The van der Waals surface area contributed by atoms with Crippen LogP contribution in [0, 0.1) is 5.82 Å². The van der Waals surface area contributed by atoms with Gasteiger partial charge in [-0.25, -0.2) is 9.18 Å². The van der Waals surface area contributed by atoms with E-state index in [1.165, 1.54) is 13.2 Å². The average molecular weight is 381 g/mol. The number of hydrogen-bond donors (Lipinski definition) is 0. The highest BCUT2D eigenvalue weighted by molar-refractivity contribution is 9.10. The van der Waals surface area contributed by atoms with Crippen molar-refractivity contribution in [2.24, 2.45) is 0 Å². The van der Waals surface area contributed by atoms with Gasteiger partial charge in [-0.15, -0.1) is 0 Å². The zero-order valence-corrected chi connectivity index (χ0v) is 15.0. The zero-order chi connectivity index (χ0) is 17.2. The Bertz CT molecular complexity index is 736. The Morgan fingerprint density at radius 3 is 2.39 bits per heavy atom. The monoisotopic (exact) mass is 380 g/mol. The van der Waals surface area contributed by atoms with E-state index in [0.29, 0.717) is 26.9 Å². The van der Waals surface area contributed by atoms with Gasteiger partial charge in [-0.1, -0.05) is 15.9 Å². The van der Waals surface area contributed by atoms with Gasteiger partial charge in [-0.05, 0) is 56.7 Å². The minimum absolute atomic E-state index is 0.361. The zero-order valence-electron chi connectivity index (χ0n) is 13.4. The molecule has 2 aromatic rings. The third-order valence-corrected chi connectivity index (χ3v) is 3.48. The van der Waals surface area contributed by atoms with Crippen molar-refractivity contribution in [2.75, 3.05) is 7.11 Å². The van der Waals surface area contributed by atoms with Crippen molar-refractivity contribution < 1.29 is 18.7 Å². The highest BCUT2D eigenvalue weighted by Gasteiger charge is 2.19. The first-order chi connectivity index (χ1) is 10.7. The quantitative estimate of drug-likeness (QED) is 0.684. The maximum absolute atomic E-state index is 14.2. The molecule has 0 radical (unpaired) electrons. The first-order valence-corrected chi connectivity index (χ1v) is 7.87. The Morgan fingerprint density at radius 2 is 1.83 bits per heavy atom. The molecule has 0 bridgehead atoms. The van der Waals surface area contributed by atoms with E-state index in [-0.39, 0.29) is 0 Å². The Morgan fingerprint density at radius 1 is 1.13 bits per heavy atom. The minimum Gasteiger partial charge on any atom is -0.497 e. The maximum Gasteiger partial charge on any atom is 0.338 e. The largest absolute Gasteiger partial charge is 0.497 e. The van der Waals surface area contributed by atoms with Crippen LogP contribution in [-0.2, 0) is 4.74 Å². The van der Waals surface area contributed by atoms with Crippen LogP contribution in [0.2, 0.25) is 0 Å². The van der Waals surface area contributed by atoms with Gasteiger partial charge in [0.15, 0.2) is 0 Å². The van der Waals surface area contributed by atoms with Crippen molar-refractivity contribution in [1.82, 2.24) is 0 Å². The van der Waals surface area contributed by atoms with Gasteiger partial charge in [0, 0.05) is 16.1 Å². The summed E-state index contributed by atoms with van der Waals surface area (Å²) in [4.78, 5) is 12.2. The fraction of sp³-hybridized carbons (Fsp3) is 0.278. The molecule has 0 saturated heterocycles. The molecule has 5 heteroatoms. The number of benzene rings is 2. The summed E-state index contributed by atoms with van der Waals surface area (Å²) in [5, 5.41) is 0. The Kier molecular flexibility index (Phi) is 5.09. The van der Waals surface area contributed by atoms with Crippen molar-refractivity contribution >= 4 is 21.9 Å². The molecular formula is C18H18BrFO3. The standard InChI is InChI=1S/C18H18BrFO3/c1-18(2,3)23-17(21)12-7-11(8-13(19)9-12)15-6-5-14(22-4)10-16(15)20/h5-10H,1-4H3. The number of rotatable bonds is 3. The van der Waals surface area contributed by atoms with Gasteiger partial charge < -0.3 is 9.47 Å². The lowest BCUT2D eigenvalue weighted by atomic mass is 10.0. The number of carbonyl (C=O) groups is 1. The van der Waals surface area contributed by atoms with Crippen molar-refractivity contribution in [3.05, 3.63) is 52.3 Å². The third-order valence-electron chi connectivity index (χ3n) is 3.02. The Hall–Kier alpha value is -1.88. The van der Waals surface area contributed by atoms with E-state index >= 15 is 0 Å². The highest BCUT2D eigenvalue weighted by atomic mass is 79.9. The van der Waals surface area contributed by atoms with Crippen LogP contribution in [0.3, 0.4) is 0 Å². The molecule has 0 spiro atoms. The fourth-order valence-electron chi connectivity index (χ4n) is 2.06. The van der Waals surface area contributed by atoms with Crippen LogP contribution in [0.25, 0.3) is 11.1 Å². The smallest absolute Gasteiger partial charge is 0.338 e. The van der Waals surface area contributed by atoms with Gasteiger partial charge in [0.25, 0.3) is 0 Å². The molecule has 0 aliphatic rings. The van der Waals surface area contributed by atoms with E-state index in [1.54, 1.807) is 51.1 Å². The van der Waals surface area contributed by atoms with Crippen LogP contribution in [0.4, 0.5) is 4.39 Å². The summed E-state index contributed by atoms with van der Waals surface area (Å²) in [7, 11) is 1.48. The molecule has 0 heterocycles. The summed E-state index contributed by atoms with van der Waals surface area (Å²) in [6, 6.07) is 9.62. The van der Waals surface area contributed by atoms with Gasteiger partial charge in [0.2, 0.25) is 0 Å². The van der Waals surface area contributed by atoms with Crippen LogP contribution in [0.1, 0.15) is 31.1 Å². The molecule has 2 rings (SSSR count). The summed E-state index contributed by atoms with van der Waals surface area (Å²) in [6.07, 6.45) is 0. The predicted octanol–water partition coefficient (Wildman–Crippen LogP) is 5.22. The summed E-state index contributed by atoms with van der Waals surface area (Å²) in [5.41, 5.74) is 0.738. The lowest BCUT2D eigenvalue weighted by molar-refractivity contribution is 0.00695. The number of esters is 1. The number of hydrogen-bond acceptors (Lipinski definition) is 3. The molecule has 0 N–H and O–H groups in total. The molecule has 0 fully saturated rings. The van der Waals surface area contributed by atoms with Gasteiger partial charge in [0.05, 0.1) is 12.7 Å². The Balaban J connectivity index is 2.43. The molecule has 0 amide bonds. The van der Waals surface area contributed by atoms with Gasteiger partial charge in [-0.2, -0.15) is 0 Å². The second kappa shape index (κ2) is 6.71. The predicted molar refractivity (Wildman–Crippen MR) is 91.3 cm³/mol. The summed E-state index contributed by atoms with van der Waals surface area (Å²) < 4.78 is 25.3. The first kappa shape index (κ1) is 17.5. The van der Waals surface area contributed by atoms with E-state index in [0.717, 1.165) is 0 Å². The van der Waals surface area contributed by atoms with E-state index in [2.05, 4.69) is 15.9 Å². The van der Waals surface area contributed by atoms with Crippen molar-refractivity contribution in [3.8, 4) is 16.9 Å². The van der Waals surface area contributed by atoms with Crippen molar-refractivity contribution in [2.45, 2.75) is 26.4 Å². The third kappa shape index (κ3) is 4.55. The fourth-order valence-corrected chi connectivity index (χ4v) is 2.55. The molecule has 0 aliphatic heterocycles. The Labute approximate surface area is 143 Å². The van der Waals surface area contributed by atoms with Crippen LogP contribution < -0.4 is 4.74 Å². The van der Waals surface area contributed by atoms with Gasteiger partial charge >= 0.3 is 5.97 Å². The molecular weight excluding hydrogens is 363 g/mol. The van der Waals surface area contributed by atoms with Crippen LogP contribution in [0.5, 0.6) is 5.75 Å². The average Bonchev–Trinajstić information content (AvgIpc) is 2.44.